The van der Waals surface area contributed by atoms with Crippen LogP contribution in [0, 0.1) is 0 Å². The number of hydrogen-bond donors (Lipinski definition) is 0. The Morgan fingerprint density at radius 1 is 0.926 bits per heavy atom. The van der Waals surface area contributed by atoms with E-state index in [2.05, 4.69) is 33.2 Å². The van der Waals surface area contributed by atoms with E-state index in [1.54, 1.807) is 24.9 Å². The number of aromatic nitrogens is 2. The van der Waals surface area contributed by atoms with Crippen molar-refractivity contribution in [1.29, 1.82) is 0 Å². The van der Waals surface area contributed by atoms with E-state index in [1.807, 2.05) is 37.3 Å². The molecule has 1 aliphatic heterocycles. The summed E-state index contributed by atoms with van der Waals surface area (Å²) in [6, 6.07) is 16.2. The molecule has 0 bridgehead atoms. The second kappa shape index (κ2) is 6.29. The number of rotatable bonds is 3. The van der Waals surface area contributed by atoms with E-state index >= 15 is 0 Å². The summed E-state index contributed by atoms with van der Waals surface area (Å²) in [5.41, 5.74) is 7.47. The van der Waals surface area contributed by atoms with Gasteiger partial charge in [-0.05, 0) is 53.9 Å². The molecule has 0 saturated carbocycles. The third-order valence-electron chi connectivity index (χ3n) is 4.61. The summed E-state index contributed by atoms with van der Waals surface area (Å²) in [5.74, 6) is 0. The molecule has 0 aliphatic carbocycles. The van der Waals surface area contributed by atoms with Crippen LogP contribution in [0.1, 0.15) is 12.6 Å². The summed E-state index contributed by atoms with van der Waals surface area (Å²) in [6.45, 7) is 1.95. The van der Waals surface area contributed by atoms with Crippen LogP contribution in [0.5, 0.6) is 0 Å². The molecule has 4 heterocycles. The van der Waals surface area contributed by atoms with E-state index < -0.39 is 0 Å². The fraction of sp³-hybridized carbons (Fsp3) is 0.0909. The van der Waals surface area contributed by atoms with Gasteiger partial charge in [-0.3, -0.25) is 15.0 Å². The van der Waals surface area contributed by atoms with Crippen LogP contribution in [0.2, 0.25) is 0 Å². The van der Waals surface area contributed by atoms with Crippen LogP contribution in [0.3, 0.4) is 0 Å². The third-order valence-corrected chi connectivity index (χ3v) is 4.61. The highest BCUT2D eigenvalue weighted by Crippen LogP contribution is 2.32. The summed E-state index contributed by atoms with van der Waals surface area (Å²) in [7, 11) is 0. The quantitative estimate of drug-likeness (QED) is 0.533. The van der Waals surface area contributed by atoms with Gasteiger partial charge in [0.1, 0.15) is 23.7 Å². The van der Waals surface area contributed by atoms with E-state index in [0.717, 1.165) is 44.8 Å². The summed E-state index contributed by atoms with van der Waals surface area (Å²) in [5, 5.41) is 0. The van der Waals surface area contributed by atoms with Crippen molar-refractivity contribution in [3.8, 4) is 22.3 Å². The number of pyridine rings is 2. The number of hydrogen-bond acceptors (Lipinski definition) is 5. The molecule has 0 spiro atoms. The second-order valence-corrected chi connectivity index (χ2v) is 6.43. The van der Waals surface area contributed by atoms with Crippen LogP contribution in [0.4, 0.5) is 0 Å². The first-order valence-electron chi connectivity index (χ1n) is 8.78. The number of fused-ring (bicyclic) bond motifs is 1. The Balaban J connectivity index is 1.61. The van der Waals surface area contributed by atoms with Gasteiger partial charge in [0.15, 0.2) is 5.58 Å². The average molecular weight is 352 g/mol. The molecule has 5 rings (SSSR count). The molecule has 27 heavy (non-hydrogen) atoms. The van der Waals surface area contributed by atoms with Crippen LogP contribution in [0.25, 0.3) is 33.4 Å². The minimum atomic E-state index is -0.0432. The summed E-state index contributed by atoms with van der Waals surface area (Å²) in [4.78, 5) is 17.7. The zero-order valence-corrected chi connectivity index (χ0v) is 14.7. The van der Waals surface area contributed by atoms with Gasteiger partial charge < -0.3 is 4.42 Å². The van der Waals surface area contributed by atoms with Crippen LogP contribution >= 0.6 is 0 Å². The molecular weight excluding hydrogens is 336 g/mol. The van der Waals surface area contributed by atoms with Gasteiger partial charge >= 0.3 is 0 Å². The minimum absolute atomic E-state index is 0.0432. The highest BCUT2D eigenvalue weighted by atomic mass is 16.3. The summed E-state index contributed by atoms with van der Waals surface area (Å²) >= 11 is 0. The maximum absolute atomic E-state index is 5.74. The van der Waals surface area contributed by atoms with Gasteiger partial charge in [-0.25, -0.2) is 4.98 Å². The van der Waals surface area contributed by atoms with Gasteiger partial charge in [-0.2, -0.15) is 0 Å². The first-order valence-corrected chi connectivity index (χ1v) is 8.78. The summed E-state index contributed by atoms with van der Waals surface area (Å²) in [6.07, 6.45) is 7.10. The minimum Gasteiger partial charge on any atom is -0.462 e. The Bertz CT molecular complexity index is 1190. The molecule has 1 aromatic carbocycles. The Labute approximate surface area is 156 Å². The van der Waals surface area contributed by atoms with Crippen LogP contribution in [-0.2, 0) is 0 Å². The SMILES string of the molecule is CC1N=CC(c2ccc3occ(-c4cccc(-c5ccncc5)c4)c3n2)=N1. The normalized spacial score (nSPS) is 16.0. The lowest BCUT2D eigenvalue weighted by atomic mass is 10.0. The third kappa shape index (κ3) is 2.83. The van der Waals surface area contributed by atoms with Crippen molar-refractivity contribution in [3.05, 3.63) is 72.9 Å². The van der Waals surface area contributed by atoms with Crippen molar-refractivity contribution in [2.24, 2.45) is 9.98 Å². The number of nitrogens with zero attached hydrogens (tertiary/aromatic N) is 4. The molecule has 0 amide bonds. The maximum atomic E-state index is 5.74. The molecule has 1 atom stereocenters. The zero-order chi connectivity index (χ0) is 18.2. The average Bonchev–Trinajstić information content (AvgIpc) is 3.34. The van der Waals surface area contributed by atoms with Crippen LogP contribution in [0.15, 0.2) is 81.6 Å². The van der Waals surface area contributed by atoms with Crippen molar-refractivity contribution >= 4 is 23.0 Å². The molecule has 0 radical (unpaired) electrons. The fourth-order valence-electron chi connectivity index (χ4n) is 3.25. The molecule has 1 aliphatic rings. The van der Waals surface area contributed by atoms with Crippen LogP contribution < -0.4 is 0 Å². The molecule has 3 aromatic heterocycles. The van der Waals surface area contributed by atoms with Gasteiger partial charge in [0.25, 0.3) is 0 Å². The van der Waals surface area contributed by atoms with Crippen molar-refractivity contribution in [1.82, 2.24) is 9.97 Å². The van der Waals surface area contributed by atoms with Crippen molar-refractivity contribution in [2.45, 2.75) is 13.1 Å². The molecule has 0 fully saturated rings. The van der Waals surface area contributed by atoms with Gasteiger partial charge in [-0.15, -0.1) is 0 Å². The lowest BCUT2D eigenvalue weighted by Crippen LogP contribution is -2.02. The maximum Gasteiger partial charge on any atom is 0.153 e. The predicted octanol–water partition coefficient (Wildman–Crippen LogP) is 4.78. The predicted molar refractivity (Wildman–Crippen MR) is 107 cm³/mol. The summed E-state index contributed by atoms with van der Waals surface area (Å²) < 4.78 is 5.74. The Morgan fingerprint density at radius 3 is 2.59 bits per heavy atom. The van der Waals surface area contributed by atoms with Gasteiger partial charge in [0.2, 0.25) is 0 Å². The molecule has 130 valence electrons. The van der Waals surface area contributed by atoms with E-state index in [-0.39, 0.29) is 6.17 Å². The molecule has 5 nitrogen and oxygen atoms in total. The molecule has 1 unspecified atom stereocenters. The number of benzene rings is 1. The van der Waals surface area contributed by atoms with Gasteiger partial charge in [-0.1, -0.05) is 18.2 Å². The topological polar surface area (TPSA) is 63.6 Å². The monoisotopic (exact) mass is 352 g/mol. The van der Waals surface area contributed by atoms with Crippen molar-refractivity contribution < 1.29 is 4.42 Å². The largest absolute Gasteiger partial charge is 0.462 e. The molecule has 0 saturated heterocycles. The Morgan fingerprint density at radius 2 is 1.78 bits per heavy atom. The smallest absolute Gasteiger partial charge is 0.153 e. The van der Waals surface area contributed by atoms with E-state index in [1.165, 1.54) is 0 Å². The van der Waals surface area contributed by atoms with Crippen molar-refractivity contribution in [2.75, 3.05) is 0 Å². The lowest BCUT2D eigenvalue weighted by Gasteiger charge is -2.05. The van der Waals surface area contributed by atoms with Crippen molar-refractivity contribution in [3.63, 3.8) is 0 Å². The Hall–Kier alpha value is -3.60. The van der Waals surface area contributed by atoms with Gasteiger partial charge in [0, 0.05) is 18.0 Å². The zero-order valence-electron chi connectivity index (χ0n) is 14.7. The molecular formula is C22H16N4O. The molecule has 0 N–H and O–H groups in total. The first kappa shape index (κ1) is 15.6. The van der Waals surface area contributed by atoms with E-state index in [4.69, 9.17) is 9.40 Å². The fourth-order valence-corrected chi connectivity index (χ4v) is 3.25. The highest BCUT2D eigenvalue weighted by Gasteiger charge is 2.15. The number of furan rings is 1. The molecule has 4 aromatic rings. The molecule has 5 heteroatoms. The van der Waals surface area contributed by atoms with E-state index in [0.29, 0.717) is 0 Å². The van der Waals surface area contributed by atoms with Gasteiger partial charge in [0.05, 0.1) is 11.9 Å². The Kier molecular flexibility index (Phi) is 3.64. The lowest BCUT2D eigenvalue weighted by molar-refractivity contribution is 0.616. The van der Waals surface area contributed by atoms with Crippen LogP contribution in [-0.4, -0.2) is 28.1 Å². The number of aliphatic imine (C=N–C) groups is 2. The first-order chi connectivity index (χ1) is 13.3. The standard InChI is InChI=1S/C22H16N4O/c1-14-24-12-20(25-14)19-5-6-21-22(26-19)18(13-27-21)17-4-2-3-16(11-17)15-7-9-23-10-8-15/h2-14H,1H3. The second-order valence-electron chi connectivity index (χ2n) is 6.43. The van der Waals surface area contributed by atoms with E-state index in [9.17, 15) is 0 Å². The highest BCUT2D eigenvalue weighted by molar-refractivity contribution is 6.38.